The van der Waals surface area contributed by atoms with Gasteiger partial charge in [0, 0.05) is 29.9 Å². The van der Waals surface area contributed by atoms with Gasteiger partial charge in [-0.3, -0.25) is 4.79 Å². The van der Waals surface area contributed by atoms with Gasteiger partial charge in [0.15, 0.2) is 0 Å². The van der Waals surface area contributed by atoms with Gasteiger partial charge in [-0.05, 0) is 50.6 Å². The molecule has 4 heterocycles. The molecule has 0 atom stereocenters. The molecule has 4 rings (SSSR count). The van der Waals surface area contributed by atoms with Gasteiger partial charge in [-0.1, -0.05) is 11.8 Å². The SMILES string of the molecule is Cc1sc2ncnc(SCC(=O)N3CCC4(CCNC4)CC3)c2c1C.Cl. The smallest absolute Gasteiger partial charge is 0.232 e. The van der Waals surface area contributed by atoms with Crippen LogP contribution in [0.2, 0.25) is 0 Å². The van der Waals surface area contributed by atoms with Crippen LogP contribution in [0.5, 0.6) is 0 Å². The maximum Gasteiger partial charge on any atom is 0.232 e. The lowest BCUT2D eigenvalue weighted by atomic mass is 9.78. The highest BCUT2D eigenvalue weighted by atomic mass is 35.5. The number of aromatic nitrogens is 2. The van der Waals surface area contributed by atoms with E-state index in [0.29, 0.717) is 11.2 Å². The number of rotatable bonds is 3. The molecule has 8 heteroatoms. The van der Waals surface area contributed by atoms with E-state index in [4.69, 9.17) is 0 Å². The summed E-state index contributed by atoms with van der Waals surface area (Å²) in [5, 5.41) is 5.54. The Balaban J connectivity index is 0.00000196. The van der Waals surface area contributed by atoms with E-state index in [9.17, 15) is 4.79 Å². The Morgan fingerprint density at radius 1 is 1.31 bits per heavy atom. The number of amides is 1. The minimum absolute atomic E-state index is 0. The fourth-order valence-corrected chi connectivity index (χ4v) is 5.95. The Bertz CT molecular complexity index is 794. The molecular formula is C18H25ClN4OS2. The maximum absolute atomic E-state index is 12.6. The van der Waals surface area contributed by atoms with E-state index in [-0.39, 0.29) is 18.3 Å². The van der Waals surface area contributed by atoms with Gasteiger partial charge in [0.05, 0.1) is 5.75 Å². The Morgan fingerprint density at radius 3 is 2.77 bits per heavy atom. The Hall–Kier alpha value is -0.890. The van der Waals surface area contributed by atoms with Gasteiger partial charge < -0.3 is 10.2 Å². The summed E-state index contributed by atoms with van der Waals surface area (Å²) in [5.74, 6) is 0.702. The monoisotopic (exact) mass is 412 g/mol. The van der Waals surface area contributed by atoms with Crippen LogP contribution in [0.15, 0.2) is 11.4 Å². The Kier molecular flexibility index (Phi) is 6.11. The highest BCUT2D eigenvalue weighted by molar-refractivity contribution is 8.00. The zero-order valence-corrected chi connectivity index (χ0v) is 17.7. The summed E-state index contributed by atoms with van der Waals surface area (Å²) in [6.45, 7) is 8.28. The van der Waals surface area contributed by atoms with Crippen LogP contribution in [0.4, 0.5) is 0 Å². The van der Waals surface area contributed by atoms with E-state index in [1.807, 2.05) is 4.90 Å². The van der Waals surface area contributed by atoms with Crippen LogP contribution in [0, 0.1) is 19.3 Å². The molecule has 1 N–H and O–H groups in total. The number of carbonyl (C=O) groups excluding carboxylic acids is 1. The number of hydrogen-bond donors (Lipinski definition) is 1. The highest BCUT2D eigenvalue weighted by Crippen LogP contribution is 2.38. The van der Waals surface area contributed by atoms with Crippen molar-refractivity contribution in [1.82, 2.24) is 20.2 Å². The van der Waals surface area contributed by atoms with E-state index >= 15 is 0 Å². The van der Waals surface area contributed by atoms with E-state index in [0.717, 1.165) is 54.3 Å². The first kappa shape index (κ1) is 19.9. The minimum Gasteiger partial charge on any atom is -0.342 e. The number of hydrogen-bond acceptors (Lipinski definition) is 6. The molecule has 1 spiro atoms. The average Bonchev–Trinajstić information content (AvgIpc) is 3.19. The van der Waals surface area contributed by atoms with Gasteiger partial charge in [0.1, 0.15) is 16.2 Å². The molecule has 2 fully saturated rings. The third-order valence-electron chi connectivity index (χ3n) is 5.77. The summed E-state index contributed by atoms with van der Waals surface area (Å²) in [7, 11) is 0. The van der Waals surface area contributed by atoms with Crippen LogP contribution in [0.1, 0.15) is 29.7 Å². The van der Waals surface area contributed by atoms with E-state index in [1.165, 1.54) is 16.9 Å². The second kappa shape index (κ2) is 8.00. The average molecular weight is 413 g/mol. The number of fused-ring (bicyclic) bond motifs is 1. The summed E-state index contributed by atoms with van der Waals surface area (Å²) in [5.41, 5.74) is 1.69. The van der Waals surface area contributed by atoms with Crippen molar-refractivity contribution < 1.29 is 4.79 Å². The van der Waals surface area contributed by atoms with Crippen LogP contribution >= 0.6 is 35.5 Å². The van der Waals surface area contributed by atoms with Gasteiger partial charge in [-0.25, -0.2) is 9.97 Å². The standard InChI is InChI=1S/C18H24N4OS2.ClH/c1-12-13(2)25-17-15(12)16(20-11-21-17)24-9-14(23)22-7-4-18(5-8-22)3-6-19-10-18;/h11,19H,3-10H2,1-2H3;1H. The minimum atomic E-state index is 0. The van der Waals surface area contributed by atoms with Crippen molar-refractivity contribution in [3.05, 3.63) is 16.8 Å². The molecule has 2 aromatic rings. The van der Waals surface area contributed by atoms with Gasteiger partial charge in [-0.2, -0.15) is 0 Å². The first-order chi connectivity index (χ1) is 12.1. The molecule has 2 saturated heterocycles. The number of likely N-dealkylation sites (tertiary alicyclic amines) is 1. The molecule has 26 heavy (non-hydrogen) atoms. The van der Waals surface area contributed by atoms with Gasteiger partial charge in [-0.15, -0.1) is 23.7 Å². The third kappa shape index (κ3) is 3.72. The number of nitrogens with one attached hydrogen (secondary N) is 1. The first-order valence-electron chi connectivity index (χ1n) is 8.90. The number of nitrogens with zero attached hydrogens (tertiary/aromatic N) is 3. The molecule has 0 aromatic carbocycles. The second-order valence-electron chi connectivity index (χ2n) is 7.24. The maximum atomic E-state index is 12.6. The van der Waals surface area contributed by atoms with E-state index in [1.54, 1.807) is 29.4 Å². The fourth-order valence-electron chi connectivity index (χ4n) is 3.93. The second-order valence-corrected chi connectivity index (χ2v) is 9.41. The molecule has 0 unspecified atom stereocenters. The van der Waals surface area contributed by atoms with Gasteiger partial charge >= 0.3 is 0 Å². The highest BCUT2D eigenvalue weighted by Gasteiger charge is 2.37. The van der Waals surface area contributed by atoms with Crippen LogP contribution in [0.25, 0.3) is 10.2 Å². The van der Waals surface area contributed by atoms with Crippen molar-refractivity contribution in [2.24, 2.45) is 5.41 Å². The summed E-state index contributed by atoms with van der Waals surface area (Å²) >= 11 is 3.26. The predicted octanol–water partition coefficient (Wildman–Crippen LogP) is 3.42. The lowest BCUT2D eigenvalue weighted by Gasteiger charge is -2.38. The lowest BCUT2D eigenvalue weighted by molar-refractivity contribution is -0.130. The number of carbonyl (C=O) groups is 1. The van der Waals surface area contributed by atoms with Crippen molar-refractivity contribution in [3.8, 4) is 0 Å². The normalized spacial score (nSPS) is 19.1. The van der Waals surface area contributed by atoms with Crippen LogP contribution < -0.4 is 5.32 Å². The van der Waals surface area contributed by atoms with Crippen molar-refractivity contribution >= 4 is 51.6 Å². The Labute approximate surface area is 168 Å². The number of thioether (sulfide) groups is 1. The molecule has 0 aliphatic carbocycles. The van der Waals surface area contributed by atoms with Crippen molar-refractivity contribution in [3.63, 3.8) is 0 Å². The molecule has 5 nitrogen and oxygen atoms in total. The molecule has 0 bridgehead atoms. The van der Waals surface area contributed by atoms with Crippen molar-refractivity contribution in [1.29, 1.82) is 0 Å². The van der Waals surface area contributed by atoms with Crippen LogP contribution in [-0.2, 0) is 4.79 Å². The summed E-state index contributed by atoms with van der Waals surface area (Å²) in [6.07, 6.45) is 5.15. The first-order valence-corrected chi connectivity index (χ1v) is 10.7. The Morgan fingerprint density at radius 2 is 2.08 bits per heavy atom. The number of piperidine rings is 1. The zero-order valence-electron chi connectivity index (χ0n) is 15.2. The number of halogens is 1. The summed E-state index contributed by atoms with van der Waals surface area (Å²) in [6, 6.07) is 0. The molecule has 1 amide bonds. The molecule has 2 aromatic heterocycles. The number of thiophene rings is 1. The van der Waals surface area contributed by atoms with Crippen molar-refractivity contribution in [2.75, 3.05) is 31.9 Å². The summed E-state index contributed by atoms with van der Waals surface area (Å²) in [4.78, 5) is 25.8. The third-order valence-corrected chi connectivity index (χ3v) is 7.86. The quantitative estimate of drug-likeness (QED) is 0.618. The fraction of sp³-hybridized carbons (Fsp3) is 0.611. The number of aryl methyl sites for hydroxylation is 2. The molecule has 2 aliphatic heterocycles. The van der Waals surface area contributed by atoms with E-state index in [2.05, 4.69) is 29.1 Å². The van der Waals surface area contributed by atoms with Gasteiger partial charge in [0.2, 0.25) is 5.91 Å². The van der Waals surface area contributed by atoms with Crippen LogP contribution in [-0.4, -0.2) is 52.7 Å². The van der Waals surface area contributed by atoms with Crippen molar-refractivity contribution in [2.45, 2.75) is 38.1 Å². The molecule has 2 aliphatic rings. The molecule has 0 radical (unpaired) electrons. The lowest BCUT2D eigenvalue weighted by Crippen LogP contribution is -2.44. The molecule has 0 saturated carbocycles. The van der Waals surface area contributed by atoms with Gasteiger partial charge in [0.25, 0.3) is 0 Å². The largest absolute Gasteiger partial charge is 0.342 e. The van der Waals surface area contributed by atoms with Crippen LogP contribution in [0.3, 0.4) is 0 Å². The van der Waals surface area contributed by atoms with E-state index < -0.39 is 0 Å². The predicted molar refractivity (Wildman–Crippen MR) is 111 cm³/mol. The summed E-state index contributed by atoms with van der Waals surface area (Å²) < 4.78 is 0. The topological polar surface area (TPSA) is 58.1 Å². The zero-order chi connectivity index (χ0) is 17.4. The molecular weight excluding hydrogens is 388 g/mol. The molecule has 142 valence electrons.